The van der Waals surface area contributed by atoms with Gasteiger partial charge in [0.25, 0.3) is 6.47 Å². The predicted octanol–water partition coefficient (Wildman–Crippen LogP) is 2.00. The summed E-state index contributed by atoms with van der Waals surface area (Å²) in [5.41, 5.74) is -0.601. The largest absolute Gasteiger partial charge is 0.462 e. The minimum absolute atomic E-state index is 0.0478. The number of nitrogens with one attached hydrogen (secondary N) is 1. The second-order valence-corrected chi connectivity index (χ2v) is 6.71. The third-order valence-corrected chi connectivity index (χ3v) is 3.42. The Labute approximate surface area is 180 Å². The van der Waals surface area contributed by atoms with Crippen LogP contribution in [-0.4, -0.2) is 42.8 Å². The number of aromatic nitrogens is 1. The van der Waals surface area contributed by atoms with E-state index in [0.717, 1.165) is 11.9 Å². The molecule has 0 unspecified atom stereocenters. The number of esters is 1. The van der Waals surface area contributed by atoms with Crippen LogP contribution in [0.4, 0.5) is 0 Å². The Morgan fingerprint density at radius 1 is 1.30 bits per heavy atom. The molecule has 30 heavy (non-hydrogen) atoms. The molecule has 0 aliphatic heterocycles. The van der Waals surface area contributed by atoms with Crippen molar-refractivity contribution in [1.29, 1.82) is 0 Å². The predicted molar refractivity (Wildman–Crippen MR) is 123 cm³/mol. The average molecular weight is 423 g/mol. The summed E-state index contributed by atoms with van der Waals surface area (Å²) in [7, 11) is 1.85. The summed E-state index contributed by atoms with van der Waals surface area (Å²) in [4.78, 5) is 34.0. The van der Waals surface area contributed by atoms with Gasteiger partial charge in [0.05, 0.1) is 6.61 Å². The fourth-order valence-electron chi connectivity index (χ4n) is 2.22. The maximum absolute atomic E-state index is 12.5. The lowest BCUT2D eigenvalue weighted by molar-refractivity contribution is -0.138. The smallest absolute Gasteiger partial charge is 0.343 e. The summed E-state index contributed by atoms with van der Waals surface area (Å²) < 4.78 is 11.4. The number of nitrogens with zero attached hydrogens (tertiary/aromatic N) is 1. The molecule has 0 aliphatic carbocycles. The highest BCUT2D eigenvalue weighted by Gasteiger charge is 2.14. The molecule has 1 N–H and O–H groups in total. The van der Waals surface area contributed by atoms with Crippen molar-refractivity contribution in [2.24, 2.45) is 0 Å². The van der Waals surface area contributed by atoms with Crippen molar-refractivity contribution in [3.63, 3.8) is 0 Å². The number of carbonyl (C=O) groups is 2. The minimum atomic E-state index is -0.595. The van der Waals surface area contributed by atoms with E-state index >= 15 is 0 Å². The lowest BCUT2D eigenvalue weighted by atomic mass is 10.2. The standard InChI is InChI=1S/C16H22N2O3.C5H10O2.C2H6/c1-5-8-12-14(6-2)18(10-9-17-4)11-13(15(12)19)16(20)21-7-3;1-5(2,3)7-4-6;1-2/h5-6,8,11,17H,1,7,9-10H2,2-4H3;4H,1-3H3;1-2H3/b12-8+,14-6+;;. The van der Waals surface area contributed by atoms with Crippen LogP contribution in [0.3, 0.4) is 0 Å². The van der Waals surface area contributed by atoms with E-state index in [4.69, 9.17) is 4.74 Å². The first kappa shape index (κ1) is 29.5. The van der Waals surface area contributed by atoms with Crippen molar-refractivity contribution >= 4 is 24.6 Å². The number of rotatable bonds is 7. The molecular weight excluding hydrogens is 384 g/mol. The van der Waals surface area contributed by atoms with E-state index in [1.165, 1.54) is 0 Å². The number of pyridine rings is 1. The molecule has 1 aromatic heterocycles. The molecule has 170 valence electrons. The second kappa shape index (κ2) is 16.2. The summed E-state index contributed by atoms with van der Waals surface area (Å²) in [6.07, 6.45) is 6.58. The third kappa shape index (κ3) is 10.8. The SMILES string of the molecule is C=C/C=c1/c(=O)c(C(=O)OCC)cn(CCNC)/c1=C/C.CC.CC(C)(C)OC=O. The highest BCUT2D eigenvalue weighted by Crippen LogP contribution is 2.02. The summed E-state index contributed by atoms with van der Waals surface area (Å²) in [5.74, 6) is -0.595. The molecule has 7 heteroatoms. The number of allylic oxidation sites excluding steroid dienone is 1. The van der Waals surface area contributed by atoms with Crippen molar-refractivity contribution in [2.45, 2.75) is 60.6 Å². The normalized spacial score (nSPS) is 11.5. The maximum Gasteiger partial charge on any atom is 0.343 e. The van der Waals surface area contributed by atoms with Crippen LogP contribution in [0.25, 0.3) is 12.2 Å². The first-order chi connectivity index (χ1) is 14.2. The van der Waals surface area contributed by atoms with Gasteiger partial charge < -0.3 is 19.4 Å². The molecule has 0 bridgehead atoms. The van der Waals surface area contributed by atoms with Crippen LogP contribution in [0.5, 0.6) is 0 Å². The summed E-state index contributed by atoms with van der Waals surface area (Å²) in [6, 6.07) is 0. The van der Waals surface area contributed by atoms with Crippen molar-refractivity contribution in [3.8, 4) is 0 Å². The van der Waals surface area contributed by atoms with Gasteiger partial charge in [0.2, 0.25) is 5.43 Å². The Balaban J connectivity index is 0. The van der Waals surface area contributed by atoms with Gasteiger partial charge in [-0.2, -0.15) is 0 Å². The molecule has 0 aromatic carbocycles. The lowest BCUT2D eigenvalue weighted by Gasteiger charge is -2.14. The Morgan fingerprint density at radius 3 is 2.27 bits per heavy atom. The fourth-order valence-corrected chi connectivity index (χ4v) is 2.22. The molecule has 1 aromatic rings. The third-order valence-electron chi connectivity index (χ3n) is 3.42. The first-order valence-corrected chi connectivity index (χ1v) is 10.1. The van der Waals surface area contributed by atoms with Gasteiger partial charge in [-0.25, -0.2) is 4.79 Å². The molecular formula is C23H38N2O5. The van der Waals surface area contributed by atoms with E-state index in [0.29, 0.717) is 18.2 Å². The maximum atomic E-state index is 12.5. The van der Waals surface area contributed by atoms with Crippen LogP contribution in [0, 0.1) is 0 Å². The van der Waals surface area contributed by atoms with Gasteiger partial charge in [-0.3, -0.25) is 9.59 Å². The Bertz CT molecular complexity index is 833. The fraction of sp³-hybridized carbons (Fsp3) is 0.522. The number of hydrogen-bond donors (Lipinski definition) is 1. The van der Waals surface area contributed by atoms with Crippen molar-refractivity contribution in [2.75, 3.05) is 20.2 Å². The first-order valence-electron chi connectivity index (χ1n) is 10.1. The summed E-state index contributed by atoms with van der Waals surface area (Å²) >= 11 is 0. The van der Waals surface area contributed by atoms with Gasteiger partial charge in [0.15, 0.2) is 0 Å². The molecule has 1 rings (SSSR count). The molecule has 0 saturated carbocycles. The number of likely N-dealkylation sites (N-methyl/N-ethyl adjacent to an activating group) is 1. The minimum Gasteiger partial charge on any atom is -0.462 e. The molecule has 0 aliphatic rings. The van der Waals surface area contributed by atoms with Crippen molar-refractivity contribution < 1.29 is 19.1 Å². The molecule has 1 heterocycles. The van der Waals surface area contributed by atoms with Crippen molar-refractivity contribution in [1.82, 2.24) is 9.88 Å². The topological polar surface area (TPSA) is 86.6 Å². The van der Waals surface area contributed by atoms with Crippen LogP contribution < -0.4 is 21.3 Å². The van der Waals surface area contributed by atoms with Gasteiger partial charge in [-0.1, -0.05) is 32.6 Å². The molecule has 0 radical (unpaired) electrons. The van der Waals surface area contributed by atoms with Crippen LogP contribution in [0.1, 0.15) is 58.8 Å². The van der Waals surface area contributed by atoms with Crippen molar-refractivity contribution in [3.05, 3.63) is 45.2 Å². The number of carbonyl (C=O) groups excluding carboxylic acids is 2. The van der Waals surface area contributed by atoms with Crippen LogP contribution in [-0.2, 0) is 20.8 Å². The van der Waals surface area contributed by atoms with Gasteiger partial charge in [0, 0.05) is 29.9 Å². The molecule has 0 spiro atoms. The van der Waals surface area contributed by atoms with E-state index in [-0.39, 0.29) is 23.2 Å². The molecule has 0 amide bonds. The zero-order valence-electron chi connectivity index (χ0n) is 19.7. The highest BCUT2D eigenvalue weighted by atomic mass is 16.5. The molecule has 7 nitrogen and oxygen atoms in total. The quantitative estimate of drug-likeness (QED) is 0.534. The van der Waals surface area contributed by atoms with E-state index < -0.39 is 5.97 Å². The summed E-state index contributed by atoms with van der Waals surface area (Å²) in [5, 5.41) is 4.27. The monoisotopic (exact) mass is 422 g/mol. The number of hydrogen-bond acceptors (Lipinski definition) is 6. The van der Waals surface area contributed by atoms with Gasteiger partial charge in [0.1, 0.15) is 11.2 Å². The van der Waals surface area contributed by atoms with E-state index in [9.17, 15) is 14.4 Å². The van der Waals surface area contributed by atoms with E-state index in [2.05, 4.69) is 16.6 Å². The molecule has 0 atom stereocenters. The molecule has 0 saturated heterocycles. The Kier molecular flexibility index (Phi) is 15.9. The summed E-state index contributed by atoms with van der Waals surface area (Å²) in [6.45, 7) is 18.7. The Morgan fingerprint density at radius 2 is 1.90 bits per heavy atom. The Hall–Kier alpha value is -2.67. The average Bonchev–Trinajstić information content (AvgIpc) is 2.69. The highest BCUT2D eigenvalue weighted by molar-refractivity contribution is 5.89. The lowest BCUT2D eigenvalue weighted by Crippen LogP contribution is -2.48. The van der Waals surface area contributed by atoms with Crippen LogP contribution >= 0.6 is 0 Å². The number of ether oxygens (including phenoxy) is 2. The second-order valence-electron chi connectivity index (χ2n) is 6.71. The van der Waals surface area contributed by atoms with E-state index in [1.807, 2.05) is 59.2 Å². The van der Waals surface area contributed by atoms with Gasteiger partial charge in [-0.05, 0) is 47.7 Å². The van der Waals surface area contributed by atoms with Gasteiger partial charge >= 0.3 is 5.97 Å². The van der Waals surface area contributed by atoms with Crippen LogP contribution in [0.2, 0.25) is 0 Å². The zero-order valence-corrected chi connectivity index (χ0v) is 19.7. The molecule has 0 fully saturated rings. The zero-order chi connectivity index (χ0) is 23.7. The van der Waals surface area contributed by atoms with E-state index in [1.54, 1.807) is 25.3 Å². The van der Waals surface area contributed by atoms with Gasteiger partial charge in [-0.15, -0.1) is 0 Å². The van der Waals surface area contributed by atoms with Crippen LogP contribution in [0.15, 0.2) is 23.6 Å².